The molecular weight excluding hydrogens is 222 g/mol. The van der Waals surface area contributed by atoms with Crippen molar-refractivity contribution in [1.82, 2.24) is 9.97 Å². The Morgan fingerprint density at radius 1 is 1.22 bits per heavy atom. The first-order valence-corrected chi connectivity index (χ1v) is 6.01. The molecule has 0 saturated carbocycles. The van der Waals surface area contributed by atoms with Gasteiger partial charge in [0.15, 0.2) is 0 Å². The van der Waals surface area contributed by atoms with E-state index in [1.54, 1.807) is 0 Å². The van der Waals surface area contributed by atoms with Gasteiger partial charge in [0.2, 0.25) is 0 Å². The molecule has 0 aliphatic heterocycles. The minimum Gasteiger partial charge on any atom is -0.360 e. The number of nitrogens with two attached hydrogens (primary N) is 1. The van der Waals surface area contributed by atoms with Crippen molar-refractivity contribution in [3.8, 4) is 11.3 Å². The second-order valence-corrected chi connectivity index (χ2v) is 4.50. The first-order chi connectivity index (χ1) is 8.78. The predicted molar refractivity (Wildman–Crippen MR) is 74.2 cm³/mol. The maximum atomic E-state index is 5.67. The van der Waals surface area contributed by atoms with Crippen LogP contribution in [0.2, 0.25) is 0 Å². The largest absolute Gasteiger partial charge is 0.360 e. The highest BCUT2D eigenvalue weighted by molar-refractivity contribution is 5.94. The molecule has 2 aromatic heterocycles. The zero-order valence-electron chi connectivity index (χ0n) is 10.3. The van der Waals surface area contributed by atoms with Crippen LogP contribution in [0.5, 0.6) is 0 Å². The van der Waals surface area contributed by atoms with Crippen LogP contribution in [-0.2, 0) is 6.54 Å². The third kappa shape index (κ3) is 1.79. The summed E-state index contributed by atoms with van der Waals surface area (Å²) in [4.78, 5) is 7.72. The summed E-state index contributed by atoms with van der Waals surface area (Å²) >= 11 is 0. The van der Waals surface area contributed by atoms with Crippen molar-refractivity contribution in [3.05, 3.63) is 53.9 Å². The molecule has 0 unspecified atom stereocenters. The van der Waals surface area contributed by atoms with E-state index in [-0.39, 0.29) is 0 Å². The lowest BCUT2D eigenvalue weighted by molar-refractivity contribution is 1.06. The van der Waals surface area contributed by atoms with Crippen LogP contribution in [0.1, 0.15) is 11.1 Å². The van der Waals surface area contributed by atoms with E-state index in [9.17, 15) is 0 Å². The average Bonchev–Trinajstić information content (AvgIpc) is 2.81. The maximum absolute atomic E-state index is 5.67. The molecule has 0 fully saturated rings. The normalized spacial score (nSPS) is 11.0. The van der Waals surface area contributed by atoms with Gasteiger partial charge in [0.25, 0.3) is 0 Å². The number of aryl methyl sites for hydroxylation is 1. The van der Waals surface area contributed by atoms with E-state index in [0.29, 0.717) is 6.54 Å². The van der Waals surface area contributed by atoms with Gasteiger partial charge in [0, 0.05) is 35.4 Å². The number of aromatic nitrogens is 2. The van der Waals surface area contributed by atoms with Crippen molar-refractivity contribution < 1.29 is 0 Å². The van der Waals surface area contributed by atoms with E-state index in [1.165, 1.54) is 10.9 Å². The van der Waals surface area contributed by atoms with Crippen LogP contribution in [0.4, 0.5) is 0 Å². The molecule has 3 N–H and O–H groups in total. The number of hydrogen-bond donors (Lipinski definition) is 2. The summed E-state index contributed by atoms with van der Waals surface area (Å²) in [5.41, 5.74) is 11.3. The third-order valence-electron chi connectivity index (χ3n) is 3.17. The SMILES string of the molecule is Cc1ccc2c(-c3cc(CN)ccn3)c[nH]c2c1. The number of nitrogens with zero attached hydrogens (tertiary/aromatic N) is 1. The lowest BCUT2D eigenvalue weighted by atomic mass is 10.1. The smallest absolute Gasteiger partial charge is 0.0726 e. The van der Waals surface area contributed by atoms with E-state index in [2.05, 4.69) is 35.1 Å². The van der Waals surface area contributed by atoms with E-state index in [0.717, 1.165) is 22.3 Å². The van der Waals surface area contributed by atoms with Gasteiger partial charge in [-0.3, -0.25) is 4.98 Å². The molecule has 2 heterocycles. The van der Waals surface area contributed by atoms with Crippen LogP contribution in [0.25, 0.3) is 22.2 Å². The van der Waals surface area contributed by atoms with Gasteiger partial charge in [0.1, 0.15) is 0 Å². The van der Waals surface area contributed by atoms with Crippen molar-refractivity contribution in [2.45, 2.75) is 13.5 Å². The van der Waals surface area contributed by atoms with Crippen LogP contribution >= 0.6 is 0 Å². The standard InChI is InChI=1S/C15H15N3/c1-10-2-3-12-13(9-18-14(12)6-10)15-7-11(8-16)4-5-17-15/h2-7,9,18H,8,16H2,1H3. The summed E-state index contributed by atoms with van der Waals surface area (Å²) in [6, 6.07) is 10.4. The Morgan fingerprint density at radius 2 is 2.11 bits per heavy atom. The molecule has 0 radical (unpaired) electrons. The van der Waals surface area contributed by atoms with Gasteiger partial charge in [0.05, 0.1) is 5.69 Å². The van der Waals surface area contributed by atoms with Crippen molar-refractivity contribution in [2.24, 2.45) is 5.73 Å². The number of pyridine rings is 1. The molecule has 0 saturated heterocycles. The Hall–Kier alpha value is -2.13. The summed E-state index contributed by atoms with van der Waals surface area (Å²) in [5.74, 6) is 0. The Balaban J connectivity index is 2.19. The molecule has 3 aromatic rings. The number of nitrogens with one attached hydrogen (secondary N) is 1. The molecule has 18 heavy (non-hydrogen) atoms. The summed E-state index contributed by atoms with van der Waals surface area (Å²) in [5, 5.41) is 1.20. The minimum atomic E-state index is 0.539. The van der Waals surface area contributed by atoms with Gasteiger partial charge in [-0.2, -0.15) is 0 Å². The first-order valence-electron chi connectivity index (χ1n) is 6.01. The number of H-pyrrole nitrogens is 1. The minimum absolute atomic E-state index is 0.539. The van der Waals surface area contributed by atoms with Crippen LogP contribution in [0.3, 0.4) is 0 Å². The van der Waals surface area contributed by atoms with Gasteiger partial charge in [-0.05, 0) is 36.2 Å². The molecular formula is C15H15N3. The Kier molecular flexibility index (Phi) is 2.61. The summed E-state index contributed by atoms with van der Waals surface area (Å²) in [6.45, 7) is 2.63. The topological polar surface area (TPSA) is 54.7 Å². The van der Waals surface area contributed by atoms with Gasteiger partial charge >= 0.3 is 0 Å². The number of aromatic amines is 1. The lowest BCUT2D eigenvalue weighted by Gasteiger charge is -2.02. The molecule has 3 heteroatoms. The number of hydrogen-bond acceptors (Lipinski definition) is 2. The fourth-order valence-corrected chi connectivity index (χ4v) is 2.20. The molecule has 0 bridgehead atoms. The first kappa shape index (κ1) is 11.0. The second kappa shape index (κ2) is 4.27. The lowest BCUT2D eigenvalue weighted by Crippen LogP contribution is -1.96. The predicted octanol–water partition coefficient (Wildman–Crippen LogP) is 3.00. The van der Waals surface area contributed by atoms with E-state index < -0.39 is 0 Å². The van der Waals surface area contributed by atoms with Crippen molar-refractivity contribution in [2.75, 3.05) is 0 Å². The van der Waals surface area contributed by atoms with E-state index in [1.807, 2.05) is 24.5 Å². The fourth-order valence-electron chi connectivity index (χ4n) is 2.20. The Morgan fingerprint density at radius 3 is 2.94 bits per heavy atom. The second-order valence-electron chi connectivity index (χ2n) is 4.50. The molecule has 1 aromatic carbocycles. The molecule has 0 aliphatic carbocycles. The van der Waals surface area contributed by atoms with Gasteiger partial charge in [-0.1, -0.05) is 12.1 Å². The highest BCUT2D eigenvalue weighted by Gasteiger charge is 2.07. The summed E-state index contributed by atoms with van der Waals surface area (Å²) in [6.07, 6.45) is 3.82. The van der Waals surface area contributed by atoms with Crippen LogP contribution < -0.4 is 5.73 Å². The molecule has 90 valence electrons. The highest BCUT2D eigenvalue weighted by Crippen LogP contribution is 2.28. The van der Waals surface area contributed by atoms with Gasteiger partial charge in [-0.25, -0.2) is 0 Å². The quantitative estimate of drug-likeness (QED) is 0.720. The number of rotatable bonds is 2. The highest BCUT2D eigenvalue weighted by atomic mass is 14.7. The van der Waals surface area contributed by atoms with Gasteiger partial charge < -0.3 is 10.7 Å². The zero-order chi connectivity index (χ0) is 12.5. The Labute approximate surface area is 106 Å². The average molecular weight is 237 g/mol. The monoisotopic (exact) mass is 237 g/mol. The molecule has 0 aliphatic rings. The molecule has 3 nitrogen and oxygen atoms in total. The van der Waals surface area contributed by atoms with Gasteiger partial charge in [-0.15, -0.1) is 0 Å². The Bertz CT molecular complexity index is 698. The van der Waals surface area contributed by atoms with Crippen molar-refractivity contribution >= 4 is 10.9 Å². The fraction of sp³-hybridized carbons (Fsp3) is 0.133. The van der Waals surface area contributed by atoms with E-state index >= 15 is 0 Å². The third-order valence-corrected chi connectivity index (χ3v) is 3.17. The van der Waals surface area contributed by atoms with Crippen LogP contribution in [0, 0.1) is 6.92 Å². The number of fused-ring (bicyclic) bond motifs is 1. The molecule has 3 rings (SSSR count). The van der Waals surface area contributed by atoms with Crippen LogP contribution in [-0.4, -0.2) is 9.97 Å². The van der Waals surface area contributed by atoms with Crippen LogP contribution in [0.15, 0.2) is 42.7 Å². The molecule has 0 spiro atoms. The number of benzene rings is 1. The summed E-state index contributed by atoms with van der Waals surface area (Å²) < 4.78 is 0. The van der Waals surface area contributed by atoms with Crippen molar-refractivity contribution in [3.63, 3.8) is 0 Å². The van der Waals surface area contributed by atoms with E-state index in [4.69, 9.17) is 5.73 Å². The molecule has 0 amide bonds. The molecule has 0 atom stereocenters. The zero-order valence-corrected chi connectivity index (χ0v) is 10.3. The van der Waals surface area contributed by atoms with Crippen molar-refractivity contribution in [1.29, 1.82) is 0 Å². The summed E-state index contributed by atoms with van der Waals surface area (Å²) in [7, 11) is 0. The maximum Gasteiger partial charge on any atom is 0.0726 e.